The first-order valence-electron chi connectivity index (χ1n) is 5.56. The van der Waals surface area contributed by atoms with Gasteiger partial charge in [0.2, 0.25) is 0 Å². The van der Waals surface area contributed by atoms with E-state index in [1.165, 1.54) is 17.3 Å². The Hall–Kier alpha value is -1.11. The quantitative estimate of drug-likeness (QED) is 0.837. The van der Waals surface area contributed by atoms with Crippen molar-refractivity contribution in [3.63, 3.8) is 0 Å². The Bertz CT molecular complexity index is 310. The minimum Gasteiger partial charge on any atom is -0.314 e. The summed E-state index contributed by atoms with van der Waals surface area (Å²) < 4.78 is 39.5. The summed E-state index contributed by atoms with van der Waals surface area (Å²) in [6, 6.07) is 0.0793. The maximum atomic E-state index is 12.8. The van der Waals surface area contributed by atoms with Crippen molar-refractivity contribution in [1.29, 1.82) is 0 Å². The van der Waals surface area contributed by atoms with Gasteiger partial charge in [-0.1, -0.05) is 6.92 Å². The minimum atomic E-state index is -4.23. The first-order chi connectivity index (χ1) is 7.93. The van der Waals surface area contributed by atoms with E-state index in [0.717, 1.165) is 6.42 Å². The summed E-state index contributed by atoms with van der Waals surface area (Å²) in [5, 5.41) is 6.56. The third-order valence-electron chi connectivity index (χ3n) is 2.66. The van der Waals surface area contributed by atoms with Crippen molar-refractivity contribution in [2.24, 2.45) is 5.92 Å². The summed E-state index contributed by atoms with van der Waals surface area (Å²) in [7, 11) is 0. The van der Waals surface area contributed by atoms with Gasteiger partial charge in [-0.05, 0) is 13.3 Å². The zero-order valence-corrected chi connectivity index (χ0v) is 9.91. The summed E-state index contributed by atoms with van der Waals surface area (Å²) in [6.07, 6.45) is -0.905. The molecule has 0 aliphatic carbocycles. The number of hydrogen-bond acceptors (Lipinski definition) is 3. The molecule has 1 heterocycles. The van der Waals surface area contributed by atoms with Gasteiger partial charge >= 0.3 is 6.18 Å². The molecule has 2 unspecified atom stereocenters. The lowest BCUT2D eigenvalue weighted by Crippen LogP contribution is -2.39. The Kier molecular flexibility index (Phi) is 4.92. The molecule has 0 spiro atoms. The maximum Gasteiger partial charge on any atom is 0.394 e. The molecule has 98 valence electrons. The molecule has 0 aromatic carbocycles. The van der Waals surface area contributed by atoms with Gasteiger partial charge in [0.05, 0.1) is 12.5 Å². The highest BCUT2D eigenvalue weighted by molar-refractivity contribution is 4.73. The van der Waals surface area contributed by atoms with E-state index in [4.69, 9.17) is 0 Å². The molecule has 1 aromatic heterocycles. The average molecular weight is 250 g/mol. The Morgan fingerprint density at radius 3 is 2.59 bits per heavy atom. The highest BCUT2D eigenvalue weighted by atomic mass is 19.4. The third kappa shape index (κ3) is 4.72. The molecule has 1 rings (SSSR count). The lowest BCUT2D eigenvalue weighted by molar-refractivity contribution is -0.177. The van der Waals surface area contributed by atoms with Crippen LogP contribution in [0.4, 0.5) is 13.2 Å². The van der Waals surface area contributed by atoms with Crippen molar-refractivity contribution in [1.82, 2.24) is 20.1 Å². The van der Waals surface area contributed by atoms with Crippen LogP contribution in [0, 0.1) is 5.92 Å². The molecule has 0 bridgehead atoms. The van der Waals surface area contributed by atoms with Gasteiger partial charge in [-0.25, -0.2) is 4.98 Å². The second kappa shape index (κ2) is 6.00. The van der Waals surface area contributed by atoms with Crippen LogP contribution in [-0.2, 0) is 6.54 Å². The van der Waals surface area contributed by atoms with Gasteiger partial charge in [0.25, 0.3) is 0 Å². The van der Waals surface area contributed by atoms with Gasteiger partial charge in [0.1, 0.15) is 12.7 Å². The zero-order chi connectivity index (χ0) is 12.9. The van der Waals surface area contributed by atoms with Crippen molar-refractivity contribution < 1.29 is 13.2 Å². The smallest absolute Gasteiger partial charge is 0.314 e. The zero-order valence-electron chi connectivity index (χ0n) is 9.91. The monoisotopic (exact) mass is 250 g/mol. The van der Waals surface area contributed by atoms with Gasteiger partial charge in [0.15, 0.2) is 0 Å². The largest absolute Gasteiger partial charge is 0.394 e. The Morgan fingerprint density at radius 1 is 1.41 bits per heavy atom. The molecule has 0 fully saturated rings. The Morgan fingerprint density at radius 2 is 2.12 bits per heavy atom. The molecule has 2 atom stereocenters. The van der Waals surface area contributed by atoms with E-state index in [0.29, 0.717) is 0 Å². The number of nitrogens with one attached hydrogen (secondary N) is 1. The highest BCUT2D eigenvalue weighted by Gasteiger charge is 2.39. The Balaban J connectivity index is 2.55. The molecule has 0 aliphatic rings. The molecule has 0 aliphatic heterocycles. The van der Waals surface area contributed by atoms with Crippen LogP contribution >= 0.6 is 0 Å². The molecule has 0 radical (unpaired) electrons. The fraction of sp³-hybridized carbons (Fsp3) is 0.800. The lowest BCUT2D eigenvalue weighted by Gasteiger charge is -2.22. The van der Waals surface area contributed by atoms with Gasteiger partial charge in [0, 0.05) is 12.6 Å². The number of nitrogens with zero attached hydrogens (tertiary/aromatic N) is 3. The average Bonchev–Trinajstić information content (AvgIpc) is 2.74. The number of rotatable bonds is 6. The van der Waals surface area contributed by atoms with Crippen molar-refractivity contribution in [3.8, 4) is 0 Å². The van der Waals surface area contributed by atoms with E-state index in [1.807, 2.05) is 13.8 Å². The van der Waals surface area contributed by atoms with Gasteiger partial charge in [-0.2, -0.15) is 18.3 Å². The summed E-state index contributed by atoms with van der Waals surface area (Å²) in [6.45, 7) is 3.49. The van der Waals surface area contributed by atoms with Crippen molar-refractivity contribution >= 4 is 0 Å². The fourth-order valence-corrected chi connectivity index (χ4v) is 1.32. The van der Waals surface area contributed by atoms with Crippen LogP contribution in [0.5, 0.6) is 0 Å². The van der Waals surface area contributed by atoms with Crippen molar-refractivity contribution in [2.75, 3.05) is 6.54 Å². The van der Waals surface area contributed by atoms with E-state index >= 15 is 0 Å². The first kappa shape index (κ1) is 14.0. The van der Waals surface area contributed by atoms with Crippen LogP contribution in [0.25, 0.3) is 0 Å². The third-order valence-corrected chi connectivity index (χ3v) is 2.66. The van der Waals surface area contributed by atoms with Crippen molar-refractivity contribution in [2.45, 2.75) is 39.0 Å². The molecule has 1 aromatic rings. The first-order valence-corrected chi connectivity index (χ1v) is 5.56. The summed E-state index contributed by atoms with van der Waals surface area (Å²) in [5.41, 5.74) is 0. The normalized spacial score (nSPS) is 15.8. The van der Waals surface area contributed by atoms with E-state index in [1.54, 1.807) is 0 Å². The van der Waals surface area contributed by atoms with Gasteiger partial charge in [-0.15, -0.1) is 0 Å². The molecule has 0 saturated carbocycles. The van der Waals surface area contributed by atoms with Crippen LogP contribution in [0.15, 0.2) is 12.7 Å². The number of aromatic nitrogens is 3. The van der Waals surface area contributed by atoms with Crippen LogP contribution in [0.3, 0.4) is 0 Å². The lowest BCUT2D eigenvalue weighted by atomic mass is 10.1. The highest BCUT2D eigenvalue weighted by Crippen LogP contribution is 2.27. The van der Waals surface area contributed by atoms with Crippen LogP contribution in [-0.4, -0.2) is 33.5 Å². The Labute approximate surface area is 98.2 Å². The molecule has 0 amide bonds. The molecular weight excluding hydrogens is 233 g/mol. The van der Waals surface area contributed by atoms with Gasteiger partial charge in [-0.3, -0.25) is 4.68 Å². The van der Waals surface area contributed by atoms with Crippen LogP contribution < -0.4 is 5.32 Å². The van der Waals surface area contributed by atoms with Gasteiger partial charge < -0.3 is 5.32 Å². The maximum absolute atomic E-state index is 12.8. The molecular formula is C10H17F3N4. The van der Waals surface area contributed by atoms with Crippen LogP contribution in [0.1, 0.15) is 20.3 Å². The topological polar surface area (TPSA) is 42.7 Å². The molecule has 1 N–H and O–H groups in total. The number of alkyl halides is 3. The van der Waals surface area contributed by atoms with Crippen LogP contribution in [0.2, 0.25) is 0 Å². The molecule has 17 heavy (non-hydrogen) atoms. The molecule has 4 nitrogen and oxygen atoms in total. The fourth-order valence-electron chi connectivity index (χ4n) is 1.32. The number of hydrogen-bond donors (Lipinski definition) is 1. The van der Waals surface area contributed by atoms with E-state index in [-0.39, 0.29) is 19.1 Å². The summed E-state index contributed by atoms with van der Waals surface area (Å²) >= 11 is 0. The van der Waals surface area contributed by atoms with Crippen molar-refractivity contribution in [3.05, 3.63) is 12.7 Å². The minimum absolute atomic E-state index is 0.0793. The van der Waals surface area contributed by atoms with E-state index in [2.05, 4.69) is 15.4 Å². The molecule has 0 saturated heterocycles. The van der Waals surface area contributed by atoms with E-state index < -0.39 is 12.1 Å². The molecule has 7 heteroatoms. The summed E-state index contributed by atoms with van der Waals surface area (Å²) in [5.74, 6) is -1.45. The van der Waals surface area contributed by atoms with E-state index in [9.17, 15) is 13.2 Å². The standard InChI is InChI=1S/C10H17F3N4/c1-3-8(2)15-4-9(10(11,12)13)5-17-7-14-6-16-17/h6-9,15H,3-5H2,1-2H3. The SMILES string of the molecule is CCC(C)NCC(Cn1cncn1)C(F)(F)F. The second-order valence-electron chi connectivity index (χ2n) is 4.07. The summed E-state index contributed by atoms with van der Waals surface area (Å²) in [4.78, 5) is 3.63. The number of halogens is 3. The predicted molar refractivity (Wildman–Crippen MR) is 57.3 cm³/mol. The second-order valence-corrected chi connectivity index (χ2v) is 4.07. The predicted octanol–water partition coefficient (Wildman–Crippen LogP) is 1.84.